The first kappa shape index (κ1) is 27.8. The lowest BCUT2D eigenvalue weighted by molar-refractivity contribution is 0.0916. The molecule has 0 radical (unpaired) electrons. The van der Waals surface area contributed by atoms with E-state index in [0.717, 1.165) is 54.0 Å². The highest BCUT2D eigenvalue weighted by atomic mass is 32.1. The molecule has 1 fully saturated rings. The Labute approximate surface area is 240 Å². The summed E-state index contributed by atoms with van der Waals surface area (Å²) in [4.78, 5) is 26.9. The molecule has 40 heavy (non-hydrogen) atoms. The monoisotopic (exact) mass is 555 g/mol. The van der Waals surface area contributed by atoms with Crippen molar-refractivity contribution in [3.63, 3.8) is 0 Å². The number of hydrogen-bond acceptors (Lipinski definition) is 5. The van der Waals surface area contributed by atoms with Gasteiger partial charge in [-0.15, -0.1) is 0 Å². The number of aryl methyl sites for hydroxylation is 1. The van der Waals surface area contributed by atoms with Gasteiger partial charge in [-0.25, -0.2) is 9.48 Å². The third-order valence-corrected chi connectivity index (χ3v) is 8.13. The van der Waals surface area contributed by atoms with Crippen LogP contribution in [0.15, 0.2) is 71.4 Å². The lowest BCUT2D eigenvalue weighted by Crippen LogP contribution is -2.33. The van der Waals surface area contributed by atoms with Crippen molar-refractivity contribution in [3.05, 3.63) is 93.8 Å². The number of hydrogen-bond donors (Lipinski definition) is 3. The average molecular weight is 556 g/mol. The summed E-state index contributed by atoms with van der Waals surface area (Å²) in [6.07, 6.45) is 1.88. The Bertz CT molecular complexity index is 1460. The first-order valence-corrected chi connectivity index (χ1v) is 14.8. The smallest absolute Gasteiger partial charge is 0.317 e. The Morgan fingerprint density at radius 1 is 1.02 bits per heavy atom. The van der Waals surface area contributed by atoms with Crippen molar-refractivity contribution in [1.29, 1.82) is 0 Å². The number of piperidine rings is 1. The van der Waals surface area contributed by atoms with Gasteiger partial charge in [0, 0.05) is 28.1 Å². The minimum absolute atomic E-state index is 0.145. The van der Waals surface area contributed by atoms with Crippen LogP contribution in [0.25, 0.3) is 5.69 Å². The number of urea groups is 1. The van der Waals surface area contributed by atoms with Crippen LogP contribution >= 0.6 is 11.3 Å². The standard InChI is InChI=1S/C32H37N5O2S/c1-21-8-10-26(11-9-21)37-28(19-27(36-37)32(2,3)4)35-31(39)34-25-7-5-6-23(18-25)29(22-12-15-33-16-13-22)30(38)24-14-17-40-20-24/h5-11,14,17-20,22,29,33H,12-13,15-16H2,1-4H3,(H2,34,35,39). The highest BCUT2D eigenvalue weighted by Crippen LogP contribution is 2.35. The van der Waals surface area contributed by atoms with E-state index < -0.39 is 0 Å². The Balaban J connectivity index is 1.39. The molecule has 5 rings (SSSR count). The van der Waals surface area contributed by atoms with Gasteiger partial charge in [-0.2, -0.15) is 16.4 Å². The van der Waals surface area contributed by atoms with Crippen LogP contribution in [0.5, 0.6) is 0 Å². The summed E-state index contributed by atoms with van der Waals surface area (Å²) >= 11 is 1.54. The van der Waals surface area contributed by atoms with E-state index in [1.807, 2.05) is 78.3 Å². The third-order valence-electron chi connectivity index (χ3n) is 7.44. The zero-order valence-corrected chi connectivity index (χ0v) is 24.3. The molecule has 0 spiro atoms. The summed E-state index contributed by atoms with van der Waals surface area (Å²) in [6, 6.07) is 19.2. The van der Waals surface area contributed by atoms with E-state index in [-0.39, 0.29) is 29.1 Å². The van der Waals surface area contributed by atoms with Gasteiger partial charge in [-0.1, -0.05) is 50.6 Å². The molecule has 7 nitrogen and oxygen atoms in total. The number of nitrogens with one attached hydrogen (secondary N) is 3. The lowest BCUT2D eigenvalue weighted by atomic mass is 9.76. The minimum Gasteiger partial charge on any atom is -0.317 e. The second kappa shape index (κ2) is 11.8. The number of ketones is 1. The number of nitrogens with zero attached hydrogens (tertiary/aromatic N) is 2. The van der Waals surface area contributed by atoms with Gasteiger partial charge in [0.1, 0.15) is 5.82 Å². The van der Waals surface area contributed by atoms with E-state index >= 15 is 0 Å². The van der Waals surface area contributed by atoms with Gasteiger partial charge < -0.3 is 10.6 Å². The molecule has 0 bridgehead atoms. The molecule has 1 aliphatic heterocycles. The number of aromatic nitrogens is 2. The number of Topliss-reactive ketones (excluding diaryl/α,β-unsaturated/α-hetero) is 1. The molecule has 2 amide bonds. The zero-order valence-electron chi connectivity index (χ0n) is 23.5. The van der Waals surface area contributed by atoms with Crippen molar-refractivity contribution in [2.24, 2.45) is 5.92 Å². The Morgan fingerprint density at radius 3 is 2.45 bits per heavy atom. The maximum absolute atomic E-state index is 13.6. The fourth-order valence-electron chi connectivity index (χ4n) is 5.21. The predicted octanol–water partition coefficient (Wildman–Crippen LogP) is 7.15. The minimum atomic E-state index is -0.367. The summed E-state index contributed by atoms with van der Waals surface area (Å²) in [5.74, 6) is 0.727. The molecule has 3 heterocycles. The molecule has 2 aromatic heterocycles. The number of rotatable bonds is 7. The van der Waals surface area contributed by atoms with E-state index in [4.69, 9.17) is 5.10 Å². The topological polar surface area (TPSA) is 88.1 Å². The zero-order chi connectivity index (χ0) is 28.3. The maximum Gasteiger partial charge on any atom is 0.324 e. The normalized spacial score (nSPS) is 15.0. The Kier molecular flexibility index (Phi) is 8.19. The van der Waals surface area contributed by atoms with E-state index in [1.165, 1.54) is 11.3 Å². The van der Waals surface area contributed by atoms with Crippen LogP contribution in [0, 0.1) is 12.8 Å². The van der Waals surface area contributed by atoms with Gasteiger partial charge in [0.25, 0.3) is 0 Å². The van der Waals surface area contributed by atoms with Gasteiger partial charge in [0.2, 0.25) is 0 Å². The Hall–Kier alpha value is -3.75. The van der Waals surface area contributed by atoms with Crippen LogP contribution in [0.4, 0.5) is 16.3 Å². The van der Waals surface area contributed by atoms with Crippen molar-refractivity contribution in [2.45, 2.75) is 51.9 Å². The summed E-state index contributed by atoms with van der Waals surface area (Å²) in [6.45, 7) is 10.1. The van der Waals surface area contributed by atoms with Crippen LogP contribution in [-0.4, -0.2) is 34.7 Å². The van der Waals surface area contributed by atoms with Gasteiger partial charge in [-0.05, 0) is 80.0 Å². The van der Waals surface area contributed by atoms with Gasteiger partial charge >= 0.3 is 6.03 Å². The highest BCUT2D eigenvalue weighted by molar-refractivity contribution is 7.08. The maximum atomic E-state index is 13.6. The van der Waals surface area contributed by atoms with Crippen molar-refractivity contribution in [1.82, 2.24) is 15.1 Å². The molecule has 0 saturated carbocycles. The fraction of sp³-hybridized carbons (Fsp3) is 0.344. The first-order chi connectivity index (χ1) is 19.2. The van der Waals surface area contributed by atoms with Crippen LogP contribution in [0.1, 0.15) is 66.7 Å². The van der Waals surface area contributed by atoms with Crippen molar-refractivity contribution < 1.29 is 9.59 Å². The molecule has 208 valence electrons. The lowest BCUT2D eigenvalue weighted by Gasteiger charge is -2.30. The number of carbonyl (C=O) groups excluding carboxylic acids is 2. The number of amides is 2. The second-order valence-corrected chi connectivity index (χ2v) is 12.3. The molecular formula is C32H37N5O2S. The van der Waals surface area contributed by atoms with Gasteiger partial charge in [-0.3, -0.25) is 10.1 Å². The van der Waals surface area contributed by atoms with E-state index in [1.54, 1.807) is 4.68 Å². The highest BCUT2D eigenvalue weighted by Gasteiger charge is 2.32. The quantitative estimate of drug-likeness (QED) is 0.211. The largest absolute Gasteiger partial charge is 0.324 e. The number of benzene rings is 2. The van der Waals surface area contributed by atoms with Gasteiger partial charge in [0.15, 0.2) is 5.78 Å². The predicted molar refractivity (Wildman–Crippen MR) is 163 cm³/mol. The van der Waals surface area contributed by atoms with E-state index in [0.29, 0.717) is 11.5 Å². The molecular weight excluding hydrogens is 518 g/mol. The molecule has 4 aromatic rings. The van der Waals surface area contributed by atoms with Crippen LogP contribution in [-0.2, 0) is 5.41 Å². The van der Waals surface area contributed by atoms with Crippen molar-refractivity contribution in [2.75, 3.05) is 23.7 Å². The molecule has 1 aliphatic rings. The number of anilines is 2. The number of carbonyl (C=O) groups is 2. The molecule has 1 saturated heterocycles. The van der Waals surface area contributed by atoms with Crippen molar-refractivity contribution >= 4 is 34.7 Å². The van der Waals surface area contributed by atoms with Crippen LogP contribution < -0.4 is 16.0 Å². The average Bonchev–Trinajstić information content (AvgIpc) is 3.61. The number of thiophene rings is 1. The second-order valence-electron chi connectivity index (χ2n) is 11.6. The van der Waals surface area contributed by atoms with Crippen LogP contribution in [0.2, 0.25) is 0 Å². The Morgan fingerprint density at radius 2 is 1.77 bits per heavy atom. The fourth-order valence-corrected chi connectivity index (χ4v) is 5.85. The third kappa shape index (κ3) is 6.35. The molecule has 8 heteroatoms. The summed E-state index contributed by atoms with van der Waals surface area (Å²) in [5, 5.41) is 18.1. The van der Waals surface area contributed by atoms with Crippen molar-refractivity contribution in [3.8, 4) is 5.69 Å². The SMILES string of the molecule is Cc1ccc(-n2nc(C(C)(C)C)cc2NC(=O)Nc2cccc(C(C(=O)c3ccsc3)C3CCNCC3)c2)cc1. The summed E-state index contributed by atoms with van der Waals surface area (Å²) < 4.78 is 1.77. The molecule has 0 aliphatic carbocycles. The summed E-state index contributed by atoms with van der Waals surface area (Å²) in [5.41, 5.74) is 5.04. The molecule has 1 unspecified atom stereocenters. The van der Waals surface area contributed by atoms with E-state index in [2.05, 4.69) is 36.7 Å². The van der Waals surface area contributed by atoms with Gasteiger partial charge in [0.05, 0.1) is 17.3 Å². The molecule has 1 atom stereocenters. The summed E-state index contributed by atoms with van der Waals surface area (Å²) in [7, 11) is 0. The molecule has 2 aromatic carbocycles. The first-order valence-electron chi connectivity index (χ1n) is 13.8. The van der Waals surface area contributed by atoms with E-state index in [9.17, 15) is 9.59 Å². The van der Waals surface area contributed by atoms with Crippen LogP contribution in [0.3, 0.4) is 0 Å². The molecule has 3 N–H and O–H groups in total.